The molecule has 0 fully saturated rings. The van der Waals surface area contributed by atoms with Crippen molar-refractivity contribution in [1.29, 1.82) is 0 Å². The summed E-state index contributed by atoms with van der Waals surface area (Å²) in [6.07, 6.45) is 0.589. The van der Waals surface area contributed by atoms with Crippen LogP contribution in [0.25, 0.3) is 0 Å². The van der Waals surface area contributed by atoms with Crippen LogP contribution in [0.5, 0.6) is 0 Å². The van der Waals surface area contributed by atoms with Gasteiger partial charge in [0.25, 0.3) is 0 Å². The van der Waals surface area contributed by atoms with Crippen molar-refractivity contribution in [1.82, 2.24) is 4.31 Å². The molecule has 0 saturated heterocycles. The lowest BCUT2D eigenvalue weighted by atomic mass is 10.3. The van der Waals surface area contributed by atoms with E-state index < -0.39 is 10.0 Å². The van der Waals surface area contributed by atoms with Gasteiger partial charge < -0.3 is 0 Å². The van der Waals surface area contributed by atoms with Crippen molar-refractivity contribution in [2.75, 3.05) is 13.6 Å². The van der Waals surface area contributed by atoms with E-state index in [1.807, 2.05) is 6.92 Å². The average Bonchev–Trinajstić information content (AvgIpc) is 2.24. The van der Waals surface area contributed by atoms with Gasteiger partial charge in [0.15, 0.2) is 0 Å². The predicted molar refractivity (Wildman–Crippen MR) is 78.9 cm³/mol. The Hall–Kier alpha value is 0.190. The Morgan fingerprint density at radius 3 is 2.56 bits per heavy atom. The van der Waals surface area contributed by atoms with Crippen molar-refractivity contribution < 1.29 is 8.42 Å². The molecule has 3 nitrogen and oxygen atoms in total. The monoisotopic (exact) mass is 373 g/mol. The number of benzene rings is 1. The van der Waals surface area contributed by atoms with Gasteiger partial charge >= 0.3 is 0 Å². The van der Waals surface area contributed by atoms with Crippen LogP contribution in [-0.2, 0) is 10.0 Å². The van der Waals surface area contributed by atoms with Crippen LogP contribution in [0.4, 0.5) is 0 Å². The van der Waals surface area contributed by atoms with Crippen molar-refractivity contribution in [3.8, 4) is 0 Å². The Labute approximate surface area is 126 Å². The Morgan fingerprint density at radius 2 is 2.06 bits per heavy atom. The minimum absolute atomic E-state index is 0.0666. The van der Waals surface area contributed by atoms with Crippen molar-refractivity contribution in [2.24, 2.45) is 0 Å². The van der Waals surface area contributed by atoms with Gasteiger partial charge in [-0.3, -0.25) is 0 Å². The molecule has 0 aliphatic heterocycles. The second-order valence-corrected chi connectivity index (χ2v) is 8.05. The Kier molecular flexibility index (Phi) is 5.93. The summed E-state index contributed by atoms with van der Waals surface area (Å²) in [5, 5.41) is 0.137. The highest BCUT2D eigenvalue weighted by molar-refractivity contribution is 9.10. The minimum Gasteiger partial charge on any atom is -0.207 e. The summed E-state index contributed by atoms with van der Waals surface area (Å²) in [6.45, 7) is 2.19. The first-order valence-electron chi connectivity index (χ1n) is 5.30. The number of nitrogens with zero attached hydrogens (tertiary/aromatic N) is 1. The van der Waals surface area contributed by atoms with Gasteiger partial charge in [0.05, 0.1) is 5.02 Å². The SMILES string of the molecule is CC(Cl)CCN(C)S(=O)(=O)c1ccc(Br)cc1Cl. The standard InChI is InChI=1S/C11H14BrCl2NO2S/c1-8(13)5-6-15(2)18(16,17)11-4-3-9(12)7-10(11)14/h3-4,7-8H,5-6H2,1-2H3. The summed E-state index contributed by atoms with van der Waals surface area (Å²) >= 11 is 15.0. The van der Waals surface area contributed by atoms with Crippen LogP contribution in [0.3, 0.4) is 0 Å². The normalized spacial score (nSPS) is 13.9. The first kappa shape index (κ1) is 16.2. The zero-order valence-corrected chi connectivity index (χ0v) is 13.9. The van der Waals surface area contributed by atoms with Gasteiger partial charge in [0, 0.05) is 23.4 Å². The highest BCUT2D eigenvalue weighted by atomic mass is 79.9. The van der Waals surface area contributed by atoms with Crippen LogP contribution in [0, 0.1) is 0 Å². The summed E-state index contributed by atoms with van der Waals surface area (Å²) in [6, 6.07) is 4.70. The molecule has 0 aliphatic carbocycles. The fraction of sp³-hybridized carbons (Fsp3) is 0.455. The predicted octanol–water partition coefficient (Wildman–Crippen LogP) is 3.74. The van der Waals surface area contributed by atoms with Crippen molar-refractivity contribution in [3.05, 3.63) is 27.7 Å². The first-order chi connectivity index (χ1) is 8.25. The molecule has 0 radical (unpaired) electrons. The number of hydrogen-bond donors (Lipinski definition) is 0. The van der Waals surface area contributed by atoms with E-state index in [4.69, 9.17) is 23.2 Å². The van der Waals surface area contributed by atoms with Crippen LogP contribution in [0.15, 0.2) is 27.6 Å². The maximum Gasteiger partial charge on any atom is 0.244 e. The van der Waals surface area contributed by atoms with Crippen molar-refractivity contribution in [2.45, 2.75) is 23.6 Å². The van der Waals surface area contributed by atoms with Gasteiger partial charge in [-0.25, -0.2) is 12.7 Å². The Morgan fingerprint density at radius 1 is 1.44 bits per heavy atom. The molecule has 1 aromatic rings. The summed E-state index contributed by atoms with van der Waals surface area (Å²) in [4.78, 5) is 0.108. The highest BCUT2D eigenvalue weighted by Gasteiger charge is 2.23. The summed E-state index contributed by atoms with van der Waals surface area (Å²) < 4.78 is 26.5. The van der Waals surface area contributed by atoms with Crippen LogP contribution >= 0.6 is 39.1 Å². The number of hydrogen-bond acceptors (Lipinski definition) is 2. The third-order valence-corrected chi connectivity index (χ3v) is 5.48. The van der Waals surface area contributed by atoms with E-state index in [-0.39, 0.29) is 15.3 Å². The minimum atomic E-state index is -3.56. The van der Waals surface area contributed by atoms with Crippen LogP contribution in [0.2, 0.25) is 5.02 Å². The second kappa shape index (κ2) is 6.57. The van der Waals surface area contributed by atoms with Gasteiger partial charge in [-0.2, -0.15) is 0 Å². The molecule has 1 atom stereocenters. The maximum absolute atomic E-state index is 12.3. The lowest BCUT2D eigenvalue weighted by Gasteiger charge is -2.18. The van der Waals surface area contributed by atoms with Gasteiger partial charge in [0.2, 0.25) is 10.0 Å². The first-order valence-corrected chi connectivity index (χ1v) is 8.35. The molecule has 1 aromatic carbocycles. The topological polar surface area (TPSA) is 37.4 Å². The Balaban J connectivity index is 2.98. The van der Waals surface area contributed by atoms with E-state index in [9.17, 15) is 8.42 Å². The molecule has 0 heterocycles. The van der Waals surface area contributed by atoms with Crippen molar-refractivity contribution in [3.63, 3.8) is 0 Å². The lowest BCUT2D eigenvalue weighted by Crippen LogP contribution is -2.29. The highest BCUT2D eigenvalue weighted by Crippen LogP contribution is 2.27. The van der Waals surface area contributed by atoms with Crippen LogP contribution in [0.1, 0.15) is 13.3 Å². The summed E-state index contributed by atoms with van der Waals surface area (Å²) in [5.41, 5.74) is 0. The maximum atomic E-state index is 12.3. The molecule has 1 rings (SSSR count). The van der Waals surface area contributed by atoms with Crippen molar-refractivity contribution >= 4 is 49.2 Å². The van der Waals surface area contributed by atoms with E-state index in [1.165, 1.54) is 17.4 Å². The van der Waals surface area contributed by atoms with E-state index in [2.05, 4.69) is 15.9 Å². The summed E-state index contributed by atoms with van der Waals surface area (Å²) in [7, 11) is -2.04. The Bertz CT molecular complexity index is 520. The fourth-order valence-electron chi connectivity index (χ4n) is 1.33. The molecule has 0 aromatic heterocycles. The number of rotatable bonds is 5. The van der Waals surface area contributed by atoms with Gasteiger partial charge in [0.1, 0.15) is 4.90 Å². The zero-order chi connectivity index (χ0) is 13.9. The average molecular weight is 375 g/mol. The van der Waals surface area contributed by atoms with E-state index in [0.29, 0.717) is 13.0 Å². The number of halogens is 3. The van der Waals surface area contributed by atoms with E-state index in [1.54, 1.807) is 12.1 Å². The smallest absolute Gasteiger partial charge is 0.207 e. The van der Waals surface area contributed by atoms with Crippen LogP contribution < -0.4 is 0 Å². The third kappa shape index (κ3) is 4.10. The second-order valence-electron chi connectivity index (χ2n) is 3.97. The quantitative estimate of drug-likeness (QED) is 0.736. The van der Waals surface area contributed by atoms with Crippen LogP contribution in [-0.4, -0.2) is 31.7 Å². The molecule has 18 heavy (non-hydrogen) atoms. The molecule has 0 N–H and O–H groups in total. The molecule has 0 amide bonds. The van der Waals surface area contributed by atoms with Gasteiger partial charge in [-0.05, 0) is 31.5 Å². The molecule has 0 bridgehead atoms. The molecule has 0 saturated carbocycles. The van der Waals surface area contributed by atoms with Gasteiger partial charge in [-0.1, -0.05) is 27.5 Å². The molecule has 0 aliphatic rings. The largest absolute Gasteiger partial charge is 0.244 e. The number of alkyl halides is 1. The lowest BCUT2D eigenvalue weighted by molar-refractivity contribution is 0.460. The van der Waals surface area contributed by atoms with E-state index in [0.717, 1.165) is 4.47 Å². The summed E-state index contributed by atoms with van der Waals surface area (Å²) in [5.74, 6) is 0. The van der Waals surface area contributed by atoms with Gasteiger partial charge in [-0.15, -0.1) is 11.6 Å². The molecule has 1 unspecified atom stereocenters. The molecule has 0 spiro atoms. The molecular formula is C11H14BrCl2NO2S. The third-order valence-electron chi connectivity index (χ3n) is 2.42. The number of sulfonamides is 1. The molecule has 7 heteroatoms. The molecular weight excluding hydrogens is 361 g/mol. The van der Waals surface area contributed by atoms with E-state index >= 15 is 0 Å². The fourth-order valence-corrected chi connectivity index (χ4v) is 3.62. The molecule has 102 valence electrons. The zero-order valence-electron chi connectivity index (χ0n) is 10.0.